The molecule has 5 atom stereocenters. The molecular weight excluding hydrogens is 266 g/mol. The number of aryl methyl sites for hydroxylation is 1. The lowest BCUT2D eigenvalue weighted by Crippen LogP contribution is -2.51. The minimum Gasteiger partial charge on any atom is -0.469 e. The zero-order valence-corrected chi connectivity index (χ0v) is 12.8. The molecule has 3 rings (SSSR count). The van der Waals surface area contributed by atoms with Crippen LogP contribution in [0.4, 0.5) is 0 Å². The van der Waals surface area contributed by atoms with Crippen molar-refractivity contribution in [3.05, 3.63) is 35.4 Å². The lowest BCUT2D eigenvalue weighted by molar-refractivity contribution is -0.151. The number of aliphatic hydroxyl groups excluding tert-OH is 1. The summed E-state index contributed by atoms with van der Waals surface area (Å²) < 4.78 is 5.04. The highest BCUT2D eigenvalue weighted by molar-refractivity contribution is 5.75. The Bertz CT molecular complexity index is 527. The standard InChI is InChI=1S/C17H23NO3/c1-10-4-6-11(7-5-10)13-8-12-9-14(19)16(18(12)2)15(13)17(20)21-3/h4-7,12-16,19H,8-9H2,1-3H3/t12-,13+,14-,15-,16-/m1/s1. The van der Waals surface area contributed by atoms with Gasteiger partial charge in [0.25, 0.3) is 0 Å². The second-order valence-corrected chi connectivity index (χ2v) is 6.41. The van der Waals surface area contributed by atoms with E-state index in [9.17, 15) is 9.90 Å². The molecule has 2 saturated heterocycles. The maximum absolute atomic E-state index is 12.3. The van der Waals surface area contributed by atoms with Crippen LogP contribution in [0.2, 0.25) is 0 Å². The van der Waals surface area contributed by atoms with Crippen molar-refractivity contribution in [1.29, 1.82) is 0 Å². The van der Waals surface area contributed by atoms with Crippen LogP contribution in [0.15, 0.2) is 24.3 Å². The molecule has 0 aromatic heterocycles. The Kier molecular flexibility index (Phi) is 3.76. The van der Waals surface area contributed by atoms with Gasteiger partial charge in [0.2, 0.25) is 0 Å². The van der Waals surface area contributed by atoms with Gasteiger partial charge in [-0.05, 0) is 32.4 Å². The number of likely N-dealkylation sites (N-methyl/N-ethyl adjacent to an activating group) is 1. The molecule has 0 unspecified atom stereocenters. The maximum Gasteiger partial charge on any atom is 0.310 e. The maximum atomic E-state index is 12.3. The zero-order chi connectivity index (χ0) is 15.1. The largest absolute Gasteiger partial charge is 0.469 e. The number of ether oxygens (including phenoxy) is 1. The summed E-state index contributed by atoms with van der Waals surface area (Å²) in [5, 5.41) is 10.3. The molecule has 114 valence electrons. The van der Waals surface area contributed by atoms with Gasteiger partial charge >= 0.3 is 5.97 Å². The van der Waals surface area contributed by atoms with E-state index in [0.29, 0.717) is 6.04 Å². The van der Waals surface area contributed by atoms with Crippen molar-refractivity contribution < 1.29 is 14.6 Å². The smallest absolute Gasteiger partial charge is 0.310 e. The fraction of sp³-hybridized carbons (Fsp3) is 0.588. The molecule has 2 aliphatic heterocycles. The monoisotopic (exact) mass is 289 g/mol. The van der Waals surface area contributed by atoms with Gasteiger partial charge < -0.3 is 9.84 Å². The molecule has 1 N–H and O–H groups in total. The van der Waals surface area contributed by atoms with Crippen molar-refractivity contribution in [1.82, 2.24) is 4.90 Å². The number of methoxy groups -OCH3 is 1. The first-order valence-electron chi connectivity index (χ1n) is 7.57. The highest BCUT2D eigenvalue weighted by Crippen LogP contribution is 2.46. The number of hydrogen-bond donors (Lipinski definition) is 1. The van der Waals surface area contributed by atoms with Gasteiger partial charge in [0, 0.05) is 18.0 Å². The van der Waals surface area contributed by atoms with E-state index in [0.717, 1.165) is 12.8 Å². The van der Waals surface area contributed by atoms with Gasteiger partial charge in [0.15, 0.2) is 0 Å². The molecule has 2 heterocycles. The molecule has 21 heavy (non-hydrogen) atoms. The topological polar surface area (TPSA) is 49.8 Å². The normalized spacial score (nSPS) is 35.7. The number of benzene rings is 1. The summed E-state index contributed by atoms with van der Waals surface area (Å²) in [6.07, 6.45) is 1.20. The second kappa shape index (κ2) is 5.43. The quantitative estimate of drug-likeness (QED) is 0.842. The molecule has 0 spiro atoms. The van der Waals surface area contributed by atoms with E-state index in [-0.39, 0.29) is 23.8 Å². The lowest BCUT2D eigenvalue weighted by Gasteiger charge is -2.42. The van der Waals surface area contributed by atoms with Crippen molar-refractivity contribution in [2.45, 2.75) is 43.9 Å². The van der Waals surface area contributed by atoms with Crippen LogP contribution >= 0.6 is 0 Å². The van der Waals surface area contributed by atoms with Crippen LogP contribution in [0.3, 0.4) is 0 Å². The van der Waals surface area contributed by atoms with Crippen LogP contribution < -0.4 is 0 Å². The minimum absolute atomic E-state index is 0.126. The first kappa shape index (κ1) is 14.5. The molecule has 0 aliphatic carbocycles. The van der Waals surface area contributed by atoms with E-state index >= 15 is 0 Å². The summed E-state index contributed by atoms with van der Waals surface area (Å²) in [6.45, 7) is 2.06. The van der Waals surface area contributed by atoms with Gasteiger partial charge in [-0.15, -0.1) is 0 Å². The predicted molar refractivity (Wildman–Crippen MR) is 80.0 cm³/mol. The number of aliphatic hydroxyl groups is 1. The number of hydrogen-bond acceptors (Lipinski definition) is 4. The van der Waals surface area contributed by atoms with Gasteiger partial charge in [-0.25, -0.2) is 0 Å². The van der Waals surface area contributed by atoms with E-state index in [1.807, 2.05) is 7.05 Å². The Morgan fingerprint density at radius 2 is 1.95 bits per heavy atom. The van der Waals surface area contributed by atoms with E-state index < -0.39 is 6.10 Å². The Morgan fingerprint density at radius 3 is 2.57 bits per heavy atom. The Balaban J connectivity index is 1.98. The average Bonchev–Trinajstić information content (AvgIpc) is 2.66. The molecule has 4 nitrogen and oxygen atoms in total. The van der Waals surface area contributed by atoms with Crippen molar-refractivity contribution in [3.8, 4) is 0 Å². The number of carbonyl (C=O) groups excluding carboxylic acids is 1. The third-order valence-corrected chi connectivity index (χ3v) is 5.26. The molecule has 0 saturated carbocycles. The highest BCUT2D eigenvalue weighted by Gasteiger charge is 2.53. The third kappa shape index (κ3) is 2.36. The fourth-order valence-corrected chi connectivity index (χ4v) is 4.13. The average molecular weight is 289 g/mol. The molecule has 2 bridgehead atoms. The number of piperidine rings is 1. The van der Waals surface area contributed by atoms with E-state index in [2.05, 4.69) is 36.1 Å². The Hall–Kier alpha value is -1.39. The Labute approximate surface area is 125 Å². The number of carbonyl (C=O) groups is 1. The van der Waals surface area contributed by atoms with Crippen molar-refractivity contribution in [2.24, 2.45) is 5.92 Å². The van der Waals surface area contributed by atoms with E-state index in [4.69, 9.17) is 4.74 Å². The fourth-order valence-electron chi connectivity index (χ4n) is 4.13. The summed E-state index contributed by atoms with van der Waals surface area (Å²) in [6, 6.07) is 8.58. The zero-order valence-electron chi connectivity index (χ0n) is 12.8. The predicted octanol–water partition coefficient (Wildman–Crippen LogP) is 1.71. The molecule has 2 fully saturated rings. The van der Waals surface area contributed by atoms with Gasteiger partial charge in [-0.1, -0.05) is 29.8 Å². The van der Waals surface area contributed by atoms with Crippen LogP contribution in [-0.2, 0) is 9.53 Å². The number of esters is 1. The summed E-state index contributed by atoms with van der Waals surface area (Å²) >= 11 is 0. The molecule has 4 heteroatoms. The van der Waals surface area contributed by atoms with Gasteiger partial charge in [-0.3, -0.25) is 9.69 Å². The van der Waals surface area contributed by atoms with Crippen LogP contribution in [0.25, 0.3) is 0 Å². The molecule has 1 aromatic rings. The number of rotatable bonds is 2. The highest BCUT2D eigenvalue weighted by atomic mass is 16.5. The molecular formula is C17H23NO3. The van der Waals surface area contributed by atoms with Crippen molar-refractivity contribution in [3.63, 3.8) is 0 Å². The van der Waals surface area contributed by atoms with Crippen LogP contribution in [0, 0.1) is 12.8 Å². The summed E-state index contributed by atoms with van der Waals surface area (Å²) in [7, 11) is 3.44. The SMILES string of the molecule is COC(=O)[C@H]1[C@H]2[C@H](O)C[C@@H](C[C@H]1c1ccc(C)cc1)N2C. The first-order chi connectivity index (χ1) is 10.0. The van der Waals surface area contributed by atoms with E-state index in [1.54, 1.807) is 0 Å². The molecule has 0 radical (unpaired) electrons. The van der Waals surface area contributed by atoms with Crippen molar-refractivity contribution >= 4 is 5.97 Å². The van der Waals surface area contributed by atoms with Gasteiger partial charge in [-0.2, -0.15) is 0 Å². The van der Waals surface area contributed by atoms with Crippen LogP contribution in [0.1, 0.15) is 29.9 Å². The summed E-state index contributed by atoms with van der Waals surface area (Å²) in [5.74, 6) is -0.380. The Morgan fingerprint density at radius 1 is 1.29 bits per heavy atom. The minimum atomic E-state index is -0.445. The van der Waals surface area contributed by atoms with Crippen LogP contribution in [0.5, 0.6) is 0 Å². The van der Waals surface area contributed by atoms with Gasteiger partial charge in [0.05, 0.1) is 19.1 Å². The van der Waals surface area contributed by atoms with Gasteiger partial charge in [0.1, 0.15) is 0 Å². The number of fused-ring (bicyclic) bond motifs is 2. The molecule has 0 amide bonds. The second-order valence-electron chi connectivity index (χ2n) is 6.41. The first-order valence-corrected chi connectivity index (χ1v) is 7.57. The lowest BCUT2D eigenvalue weighted by atomic mass is 9.76. The van der Waals surface area contributed by atoms with Crippen molar-refractivity contribution in [2.75, 3.05) is 14.2 Å². The number of nitrogens with zero attached hydrogens (tertiary/aromatic N) is 1. The van der Waals surface area contributed by atoms with Crippen LogP contribution in [-0.4, -0.2) is 48.3 Å². The van der Waals surface area contributed by atoms with E-state index in [1.165, 1.54) is 18.2 Å². The molecule has 2 aliphatic rings. The third-order valence-electron chi connectivity index (χ3n) is 5.26. The summed E-state index contributed by atoms with van der Waals surface area (Å²) in [4.78, 5) is 14.5. The summed E-state index contributed by atoms with van der Waals surface area (Å²) in [5.41, 5.74) is 2.39. The molecule has 1 aromatic carbocycles.